The van der Waals surface area contributed by atoms with Gasteiger partial charge in [0.05, 0.1) is 31.2 Å². The molecule has 12 heteroatoms. The number of nitro benzene ring substituents is 1. The Morgan fingerprint density at radius 2 is 1.86 bits per heavy atom. The predicted molar refractivity (Wildman–Crippen MR) is 133 cm³/mol. The minimum atomic E-state index is -1.66. The number of non-ortho nitro benzene ring substituents is 1. The van der Waals surface area contributed by atoms with Gasteiger partial charge in [-0.25, -0.2) is 4.79 Å². The Morgan fingerprint density at radius 1 is 1.11 bits per heavy atom. The van der Waals surface area contributed by atoms with Crippen molar-refractivity contribution in [1.29, 1.82) is 0 Å². The molecule has 194 valence electrons. The summed E-state index contributed by atoms with van der Waals surface area (Å²) in [6.07, 6.45) is -0.0664. The lowest BCUT2D eigenvalue weighted by Gasteiger charge is -2.55. The number of amides is 4. The van der Waals surface area contributed by atoms with Crippen LogP contribution in [0.25, 0.3) is 0 Å². The van der Waals surface area contributed by atoms with Crippen LogP contribution >= 0.6 is 0 Å². The third-order valence-corrected chi connectivity index (χ3v) is 7.46. The first-order chi connectivity index (χ1) is 17.8. The average Bonchev–Trinajstić information content (AvgIpc) is 2.91. The summed E-state index contributed by atoms with van der Waals surface area (Å²) < 4.78 is 10.3. The van der Waals surface area contributed by atoms with E-state index in [1.54, 1.807) is 13.2 Å². The highest BCUT2D eigenvalue weighted by molar-refractivity contribution is 6.20. The molecule has 4 amide bonds. The van der Waals surface area contributed by atoms with Gasteiger partial charge < -0.3 is 19.3 Å². The number of hydrogen-bond acceptors (Lipinski definition) is 9. The minimum absolute atomic E-state index is 0.0209. The zero-order chi connectivity index (χ0) is 26.3. The average molecular weight is 510 g/mol. The van der Waals surface area contributed by atoms with Crippen LogP contribution in [0.1, 0.15) is 5.56 Å². The van der Waals surface area contributed by atoms with Crippen LogP contribution < -0.4 is 19.9 Å². The van der Waals surface area contributed by atoms with Crippen LogP contribution in [0.15, 0.2) is 42.5 Å². The first-order valence-electron chi connectivity index (χ1n) is 11.9. The number of urea groups is 1. The summed E-state index contributed by atoms with van der Waals surface area (Å²) in [5.74, 6) is -0.608. The molecule has 0 bridgehead atoms. The molecular weight excluding hydrogens is 482 g/mol. The lowest BCUT2D eigenvalue weighted by Crippen LogP contribution is -2.75. The normalized spacial score (nSPS) is 23.0. The topological polar surface area (TPSA) is 135 Å². The molecule has 3 aliphatic heterocycles. The number of barbiturate groups is 1. The van der Waals surface area contributed by atoms with Crippen LogP contribution in [0, 0.1) is 15.5 Å². The van der Waals surface area contributed by atoms with E-state index in [0.717, 1.165) is 16.3 Å². The SMILES string of the molecule is COCCN1C(=O)NC(=O)[C@]2(Cc3cc([N+](=O)[O-])ccc3N3CCN(c4ccc(OC)cc4)C[C@@H]32)C1=O. The highest BCUT2D eigenvalue weighted by atomic mass is 16.6. The number of rotatable bonds is 6. The molecule has 12 nitrogen and oxygen atoms in total. The molecule has 37 heavy (non-hydrogen) atoms. The minimum Gasteiger partial charge on any atom is -0.497 e. The molecule has 2 fully saturated rings. The molecule has 0 aromatic heterocycles. The summed E-state index contributed by atoms with van der Waals surface area (Å²) >= 11 is 0. The van der Waals surface area contributed by atoms with Crippen LogP contribution in [0.2, 0.25) is 0 Å². The first kappa shape index (κ1) is 24.5. The molecule has 1 N–H and O–H groups in total. The molecular formula is C25H27N5O7. The number of anilines is 2. The van der Waals surface area contributed by atoms with Crippen molar-refractivity contribution >= 4 is 34.9 Å². The first-order valence-corrected chi connectivity index (χ1v) is 11.9. The summed E-state index contributed by atoms with van der Waals surface area (Å²) in [7, 11) is 3.05. The number of carbonyl (C=O) groups excluding carboxylic acids is 3. The fraction of sp³-hybridized carbons (Fsp3) is 0.400. The molecule has 3 aliphatic rings. The van der Waals surface area contributed by atoms with Crippen LogP contribution in [-0.2, 0) is 20.7 Å². The monoisotopic (exact) mass is 509 g/mol. The standard InChI is InChI=1S/C25H27N5O7/c1-36-12-11-29-23(32)25(22(31)26-24(29)33)14-16-13-18(30(34)35)5-8-20(16)28-10-9-27(15-21(25)28)17-3-6-19(37-2)7-4-17/h3-8,13,21H,9-12,14-15H2,1-2H3,(H,26,31,33)/t21-,25-/m1/s1. The molecule has 0 unspecified atom stereocenters. The van der Waals surface area contributed by atoms with Crippen LogP contribution in [0.4, 0.5) is 21.9 Å². The number of ether oxygens (including phenoxy) is 2. The van der Waals surface area contributed by atoms with Gasteiger partial charge in [0, 0.05) is 56.7 Å². The van der Waals surface area contributed by atoms with E-state index in [1.807, 2.05) is 29.2 Å². The number of piperazine rings is 1. The number of hydrogen-bond donors (Lipinski definition) is 1. The van der Waals surface area contributed by atoms with Gasteiger partial charge in [-0.3, -0.25) is 29.9 Å². The van der Waals surface area contributed by atoms with E-state index < -0.39 is 34.2 Å². The van der Waals surface area contributed by atoms with Gasteiger partial charge in [-0.05, 0) is 35.9 Å². The van der Waals surface area contributed by atoms with Crippen LogP contribution in [0.5, 0.6) is 5.75 Å². The van der Waals surface area contributed by atoms with E-state index in [2.05, 4.69) is 10.2 Å². The number of fused-ring (bicyclic) bond motifs is 4. The van der Waals surface area contributed by atoms with Gasteiger partial charge in [0.1, 0.15) is 5.75 Å². The van der Waals surface area contributed by atoms with Gasteiger partial charge in [0.2, 0.25) is 11.8 Å². The Kier molecular flexibility index (Phi) is 6.20. The number of nitrogens with one attached hydrogen (secondary N) is 1. The fourth-order valence-corrected chi connectivity index (χ4v) is 5.59. The Balaban J connectivity index is 1.60. The number of nitrogens with zero attached hydrogens (tertiary/aromatic N) is 4. The number of methoxy groups -OCH3 is 2. The number of nitro groups is 1. The van der Waals surface area contributed by atoms with Gasteiger partial charge in [0.25, 0.3) is 5.69 Å². The molecule has 3 heterocycles. The lowest BCUT2D eigenvalue weighted by atomic mass is 9.67. The second-order valence-electron chi connectivity index (χ2n) is 9.28. The Bertz CT molecular complexity index is 1270. The van der Waals surface area contributed by atoms with E-state index in [4.69, 9.17) is 9.47 Å². The van der Waals surface area contributed by atoms with Crippen molar-refractivity contribution in [3.8, 4) is 5.75 Å². The van der Waals surface area contributed by atoms with E-state index >= 15 is 0 Å². The highest BCUT2D eigenvalue weighted by Gasteiger charge is 2.63. The second-order valence-corrected chi connectivity index (χ2v) is 9.28. The Labute approximate surface area is 212 Å². The molecule has 2 atom stereocenters. The maximum atomic E-state index is 14.0. The van der Waals surface area contributed by atoms with Gasteiger partial charge in [0.15, 0.2) is 5.41 Å². The van der Waals surface area contributed by atoms with Gasteiger partial charge in [-0.2, -0.15) is 0 Å². The Morgan fingerprint density at radius 3 is 2.54 bits per heavy atom. The third kappa shape index (κ3) is 3.93. The summed E-state index contributed by atoms with van der Waals surface area (Å²) in [4.78, 5) is 56.3. The van der Waals surface area contributed by atoms with Crippen molar-refractivity contribution in [2.75, 3.05) is 56.8 Å². The summed E-state index contributed by atoms with van der Waals surface area (Å²) in [6.45, 7) is 1.48. The summed E-state index contributed by atoms with van der Waals surface area (Å²) in [5.41, 5.74) is 0.389. The largest absolute Gasteiger partial charge is 0.497 e. The van der Waals surface area contributed by atoms with E-state index in [-0.39, 0.29) is 25.3 Å². The number of imide groups is 2. The molecule has 2 aromatic rings. The summed E-state index contributed by atoms with van der Waals surface area (Å²) in [5, 5.41) is 13.9. The molecule has 1 spiro atoms. The molecule has 0 saturated carbocycles. The van der Waals surface area contributed by atoms with Gasteiger partial charge in [-0.1, -0.05) is 0 Å². The number of carbonyl (C=O) groups is 3. The van der Waals surface area contributed by atoms with Crippen molar-refractivity contribution in [1.82, 2.24) is 10.2 Å². The molecule has 5 rings (SSSR count). The zero-order valence-electron chi connectivity index (χ0n) is 20.5. The van der Waals surface area contributed by atoms with Gasteiger partial charge in [-0.15, -0.1) is 0 Å². The van der Waals surface area contributed by atoms with E-state index in [1.165, 1.54) is 19.2 Å². The van der Waals surface area contributed by atoms with E-state index in [9.17, 15) is 24.5 Å². The third-order valence-electron chi connectivity index (χ3n) is 7.46. The smallest absolute Gasteiger partial charge is 0.330 e. The molecule has 0 radical (unpaired) electrons. The second kappa shape index (κ2) is 9.36. The fourth-order valence-electron chi connectivity index (χ4n) is 5.59. The highest BCUT2D eigenvalue weighted by Crippen LogP contribution is 2.47. The van der Waals surface area contributed by atoms with Crippen molar-refractivity contribution in [2.24, 2.45) is 5.41 Å². The van der Waals surface area contributed by atoms with E-state index in [0.29, 0.717) is 30.9 Å². The molecule has 2 saturated heterocycles. The number of benzene rings is 2. The van der Waals surface area contributed by atoms with Gasteiger partial charge >= 0.3 is 6.03 Å². The maximum Gasteiger partial charge on any atom is 0.330 e. The maximum absolute atomic E-state index is 14.0. The zero-order valence-corrected chi connectivity index (χ0v) is 20.5. The quantitative estimate of drug-likeness (QED) is 0.350. The lowest BCUT2D eigenvalue weighted by molar-refractivity contribution is -0.384. The molecule has 0 aliphatic carbocycles. The van der Waals surface area contributed by atoms with Crippen molar-refractivity contribution in [3.63, 3.8) is 0 Å². The molecule has 2 aromatic carbocycles. The van der Waals surface area contributed by atoms with Crippen molar-refractivity contribution < 1.29 is 28.8 Å². The summed E-state index contributed by atoms with van der Waals surface area (Å²) in [6, 6.07) is 10.6. The van der Waals surface area contributed by atoms with Crippen LogP contribution in [0.3, 0.4) is 0 Å². The Hall–Kier alpha value is -4.19. The van der Waals surface area contributed by atoms with Crippen molar-refractivity contribution in [2.45, 2.75) is 12.5 Å². The van der Waals surface area contributed by atoms with Crippen LogP contribution in [-0.4, -0.2) is 80.7 Å². The van der Waals surface area contributed by atoms with Crippen molar-refractivity contribution in [3.05, 3.63) is 58.1 Å². The predicted octanol–water partition coefficient (Wildman–Crippen LogP) is 1.57.